The summed E-state index contributed by atoms with van der Waals surface area (Å²) in [6.45, 7) is 3.89. The Morgan fingerprint density at radius 3 is 2.71 bits per heavy atom. The van der Waals surface area contributed by atoms with E-state index in [-0.39, 0.29) is 18.6 Å². The van der Waals surface area contributed by atoms with Gasteiger partial charge in [0.05, 0.1) is 12.7 Å². The van der Waals surface area contributed by atoms with Gasteiger partial charge < -0.3 is 24.1 Å². The van der Waals surface area contributed by atoms with Gasteiger partial charge in [0.15, 0.2) is 12.1 Å². The maximum Gasteiger partial charge on any atom is 0.190 e. The largest absolute Gasteiger partial charge is 0.384 e. The Kier molecular flexibility index (Phi) is 3.78. The predicted octanol–water partition coefficient (Wildman–Crippen LogP) is 1.54. The van der Waals surface area contributed by atoms with Crippen molar-refractivity contribution < 1.29 is 28.8 Å². The highest BCUT2D eigenvalue weighted by molar-refractivity contribution is 5.81. The molecule has 3 fully saturated rings. The number of carbonyl (C=O) groups is 1. The smallest absolute Gasteiger partial charge is 0.190 e. The Bertz CT molecular complexity index is 630. The maximum absolute atomic E-state index is 12.2. The number of hydrogen-bond acceptors (Lipinski definition) is 6. The summed E-state index contributed by atoms with van der Waals surface area (Å²) < 4.78 is 23.3. The summed E-state index contributed by atoms with van der Waals surface area (Å²) in [6.07, 6.45) is -2.28. The topological polar surface area (TPSA) is 74.2 Å². The summed E-state index contributed by atoms with van der Waals surface area (Å²) >= 11 is 0. The minimum Gasteiger partial charge on any atom is -0.384 e. The van der Waals surface area contributed by atoms with Crippen molar-refractivity contribution >= 4 is 5.78 Å². The van der Waals surface area contributed by atoms with Gasteiger partial charge in [0, 0.05) is 12.8 Å². The van der Waals surface area contributed by atoms with Crippen LogP contribution in [0.15, 0.2) is 30.3 Å². The third-order valence-corrected chi connectivity index (χ3v) is 4.88. The van der Waals surface area contributed by atoms with Crippen molar-refractivity contribution in [2.75, 3.05) is 0 Å². The average Bonchev–Trinajstić information content (AvgIpc) is 2.97. The fourth-order valence-electron chi connectivity index (χ4n) is 3.85. The molecular formula is C18H22O6. The molecule has 1 aromatic carbocycles. The fourth-order valence-corrected chi connectivity index (χ4v) is 3.85. The van der Waals surface area contributed by atoms with Crippen LogP contribution in [0.5, 0.6) is 0 Å². The molecule has 1 aromatic rings. The molecule has 5 atom stereocenters. The number of aliphatic hydroxyl groups is 1. The van der Waals surface area contributed by atoms with Crippen LogP contribution in [0.3, 0.4) is 0 Å². The second-order valence-corrected chi connectivity index (χ2v) is 7.23. The van der Waals surface area contributed by atoms with E-state index in [4.69, 9.17) is 18.9 Å². The van der Waals surface area contributed by atoms with E-state index in [2.05, 4.69) is 0 Å². The maximum atomic E-state index is 12.2. The van der Waals surface area contributed by atoms with Crippen molar-refractivity contribution in [1.29, 1.82) is 0 Å². The second-order valence-electron chi connectivity index (χ2n) is 7.23. The number of benzene rings is 1. The van der Waals surface area contributed by atoms with Crippen LogP contribution in [0.25, 0.3) is 0 Å². The number of rotatable bonds is 3. The van der Waals surface area contributed by atoms with Crippen LogP contribution in [0.1, 0.15) is 32.3 Å². The van der Waals surface area contributed by atoms with Crippen LogP contribution >= 0.6 is 0 Å². The Morgan fingerprint density at radius 1 is 1.21 bits per heavy atom. The van der Waals surface area contributed by atoms with E-state index in [1.54, 1.807) is 13.8 Å². The van der Waals surface area contributed by atoms with Crippen molar-refractivity contribution in [2.45, 2.75) is 69.3 Å². The molecule has 0 bridgehead atoms. The molecule has 130 valence electrons. The summed E-state index contributed by atoms with van der Waals surface area (Å²) in [5, 5.41) is 11.1. The number of ether oxygens (including phenoxy) is 4. The summed E-state index contributed by atoms with van der Waals surface area (Å²) in [5.74, 6) is -0.888. The lowest BCUT2D eigenvalue weighted by Gasteiger charge is -2.40. The summed E-state index contributed by atoms with van der Waals surface area (Å²) in [6, 6.07) is 9.71. The van der Waals surface area contributed by atoms with E-state index in [1.165, 1.54) is 0 Å². The highest BCUT2D eigenvalue weighted by Crippen LogP contribution is 2.48. The third-order valence-electron chi connectivity index (χ3n) is 4.88. The molecule has 1 saturated carbocycles. The van der Waals surface area contributed by atoms with Gasteiger partial charge in [-0.3, -0.25) is 4.79 Å². The van der Waals surface area contributed by atoms with E-state index < -0.39 is 36.0 Å². The Morgan fingerprint density at radius 2 is 1.96 bits per heavy atom. The molecule has 1 N–H and O–H groups in total. The molecule has 0 amide bonds. The lowest BCUT2D eigenvalue weighted by Crippen LogP contribution is -2.58. The normalized spacial score (nSPS) is 40.4. The first-order valence-electron chi connectivity index (χ1n) is 8.28. The minimum absolute atomic E-state index is 0.00344. The number of carbonyl (C=O) groups excluding carboxylic acids is 1. The number of fused-ring (bicyclic) bond motifs is 3. The second kappa shape index (κ2) is 5.61. The standard InChI is InChI=1S/C18H22O6/c1-17(2)23-15-16(24-17)22-14-13(8-12(19)9-18(14,15)20)21-10-11-6-4-3-5-7-11/h3-7,13-16,20H,8-10H2,1-2H3/t13-,14-,15-,16+,18-/m1/s1. The van der Waals surface area contributed by atoms with E-state index in [1.807, 2.05) is 30.3 Å². The van der Waals surface area contributed by atoms with Crippen LogP contribution in [-0.4, -0.2) is 46.9 Å². The molecule has 2 saturated heterocycles. The van der Waals surface area contributed by atoms with Crippen LogP contribution < -0.4 is 0 Å². The van der Waals surface area contributed by atoms with Crippen molar-refractivity contribution in [2.24, 2.45) is 0 Å². The fraction of sp³-hybridized carbons (Fsp3) is 0.611. The highest BCUT2D eigenvalue weighted by atomic mass is 16.8. The quantitative estimate of drug-likeness (QED) is 0.904. The van der Waals surface area contributed by atoms with E-state index in [0.717, 1.165) is 5.56 Å². The van der Waals surface area contributed by atoms with Gasteiger partial charge in [-0.2, -0.15) is 0 Å². The molecule has 3 aliphatic rings. The van der Waals surface area contributed by atoms with Crippen LogP contribution in [0.4, 0.5) is 0 Å². The molecule has 6 heteroatoms. The number of hydrogen-bond donors (Lipinski definition) is 1. The summed E-state index contributed by atoms with van der Waals surface area (Å²) in [5.41, 5.74) is -0.402. The highest BCUT2D eigenvalue weighted by Gasteiger charge is 2.67. The molecular weight excluding hydrogens is 312 g/mol. The van der Waals surface area contributed by atoms with Crippen molar-refractivity contribution in [3.05, 3.63) is 35.9 Å². The van der Waals surface area contributed by atoms with E-state index >= 15 is 0 Å². The van der Waals surface area contributed by atoms with Gasteiger partial charge in [0.25, 0.3) is 0 Å². The lowest BCUT2D eigenvalue weighted by atomic mass is 9.77. The van der Waals surface area contributed by atoms with Crippen LogP contribution in [-0.2, 0) is 30.3 Å². The molecule has 24 heavy (non-hydrogen) atoms. The number of ketones is 1. The van der Waals surface area contributed by atoms with Gasteiger partial charge in [0.2, 0.25) is 0 Å². The van der Waals surface area contributed by atoms with Crippen LogP contribution in [0.2, 0.25) is 0 Å². The molecule has 2 heterocycles. The molecule has 0 spiro atoms. The van der Waals surface area contributed by atoms with E-state index in [9.17, 15) is 9.90 Å². The van der Waals surface area contributed by atoms with Gasteiger partial charge >= 0.3 is 0 Å². The Balaban J connectivity index is 1.52. The van der Waals surface area contributed by atoms with Crippen LogP contribution in [0, 0.1) is 0 Å². The third kappa shape index (κ3) is 2.68. The lowest BCUT2D eigenvalue weighted by molar-refractivity contribution is -0.251. The monoisotopic (exact) mass is 334 g/mol. The molecule has 0 radical (unpaired) electrons. The van der Waals surface area contributed by atoms with Gasteiger partial charge in [-0.25, -0.2) is 0 Å². The van der Waals surface area contributed by atoms with E-state index in [0.29, 0.717) is 6.61 Å². The van der Waals surface area contributed by atoms with Gasteiger partial charge in [-0.1, -0.05) is 30.3 Å². The van der Waals surface area contributed by atoms with Crippen molar-refractivity contribution in [3.8, 4) is 0 Å². The van der Waals surface area contributed by atoms with Crippen molar-refractivity contribution in [3.63, 3.8) is 0 Å². The summed E-state index contributed by atoms with van der Waals surface area (Å²) in [7, 11) is 0. The first-order valence-corrected chi connectivity index (χ1v) is 8.28. The van der Waals surface area contributed by atoms with Gasteiger partial charge in [0.1, 0.15) is 23.6 Å². The molecule has 0 unspecified atom stereocenters. The SMILES string of the molecule is CC1(C)O[C@@H]2O[C@@H]3[C@H](OCc4ccccc4)CC(=O)C[C@]3(O)[C@@H]2O1. The first kappa shape index (κ1) is 16.2. The molecule has 4 rings (SSSR count). The zero-order valence-electron chi connectivity index (χ0n) is 13.8. The molecule has 1 aliphatic carbocycles. The first-order chi connectivity index (χ1) is 11.4. The van der Waals surface area contributed by atoms with Gasteiger partial charge in [-0.15, -0.1) is 0 Å². The summed E-state index contributed by atoms with van der Waals surface area (Å²) in [4.78, 5) is 12.2. The molecule has 0 aromatic heterocycles. The average molecular weight is 334 g/mol. The van der Waals surface area contributed by atoms with Gasteiger partial charge in [-0.05, 0) is 19.4 Å². The number of Topliss-reactive ketones (excluding diaryl/α,β-unsaturated/α-hetero) is 1. The Hall–Kier alpha value is -1.31. The molecule has 6 nitrogen and oxygen atoms in total. The molecule has 2 aliphatic heterocycles. The minimum atomic E-state index is -1.41. The van der Waals surface area contributed by atoms with Crippen molar-refractivity contribution in [1.82, 2.24) is 0 Å². The zero-order chi connectivity index (χ0) is 16.9. The Labute approximate surface area is 140 Å². The zero-order valence-corrected chi connectivity index (χ0v) is 13.8. The predicted molar refractivity (Wildman–Crippen MR) is 82.9 cm³/mol.